The van der Waals surface area contributed by atoms with Crippen molar-refractivity contribution in [3.8, 4) is 11.1 Å². The Labute approximate surface area is 213 Å². The molecule has 0 spiro atoms. The lowest BCUT2D eigenvalue weighted by atomic mass is 9.79. The molecule has 0 radical (unpaired) electrons. The molecule has 3 aliphatic carbocycles. The Kier molecular flexibility index (Phi) is 4.57. The van der Waals surface area contributed by atoms with Gasteiger partial charge in [0.05, 0.1) is 3.42 Å². The minimum absolute atomic E-state index is 0.0240. The maximum Gasteiger partial charge on any atom is 0.0689 e. The van der Waals surface area contributed by atoms with E-state index < -0.39 is 0 Å². The Bertz CT molecular complexity index is 1590. The topological polar surface area (TPSA) is 0 Å². The lowest BCUT2D eigenvalue weighted by molar-refractivity contribution is 0.741. The zero-order chi connectivity index (χ0) is 22.7. The van der Waals surface area contributed by atoms with Crippen LogP contribution in [0.3, 0.4) is 0 Å². The molecule has 3 aliphatic rings. The molecule has 2 atom stereocenters. The van der Waals surface area contributed by atoms with Gasteiger partial charge in [-0.3, -0.25) is 0 Å². The van der Waals surface area contributed by atoms with Crippen molar-refractivity contribution in [2.75, 3.05) is 0 Å². The average Bonchev–Trinajstić information content (AvgIpc) is 3.34. The van der Waals surface area contributed by atoms with Gasteiger partial charge in [-0.05, 0) is 67.4 Å². The van der Waals surface area contributed by atoms with Gasteiger partial charge in [0.1, 0.15) is 0 Å². The number of rotatable bonds is 2. The van der Waals surface area contributed by atoms with Crippen LogP contribution >= 0.6 is 22.6 Å². The zero-order valence-electron chi connectivity index (χ0n) is 18.7. The van der Waals surface area contributed by atoms with E-state index in [0.29, 0.717) is 5.92 Å². The van der Waals surface area contributed by atoms with Gasteiger partial charge in [0.2, 0.25) is 0 Å². The Hall–Kier alpha value is -3.17. The molecule has 0 nitrogen and oxygen atoms in total. The Morgan fingerprint density at radius 3 is 2.18 bits per heavy atom. The van der Waals surface area contributed by atoms with Crippen LogP contribution in [0.25, 0.3) is 44.3 Å². The van der Waals surface area contributed by atoms with Crippen LogP contribution in [0.15, 0.2) is 115 Å². The van der Waals surface area contributed by atoms with Crippen molar-refractivity contribution in [2.24, 2.45) is 5.92 Å². The lowest BCUT2D eigenvalue weighted by Crippen LogP contribution is -2.27. The van der Waals surface area contributed by atoms with E-state index in [4.69, 9.17) is 0 Å². The molecule has 0 aromatic heterocycles. The van der Waals surface area contributed by atoms with Gasteiger partial charge >= 0.3 is 0 Å². The summed E-state index contributed by atoms with van der Waals surface area (Å²) in [6.45, 7) is 0. The predicted octanol–water partition coefficient (Wildman–Crippen LogP) is 9.10. The first-order valence-corrected chi connectivity index (χ1v) is 13.0. The lowest BCUT2D eigenvalue weighted by Gasteiger charge is -2.33. The zero-order valence-corrected chi connectivity index (χ0v) is 20.9. The van der Waals surface area contributed by atoms with E-state index in [1.807, 2.05) is 0 Å². The number of halogens is 1. The molecule has 0 saturated carbocycles. The van der Waals surface area contributed by atoms with Gasteiger partial charge in [-0.25, -0.2) is 0 Å². The molecule has 4 aromatic carbocycles. The summed E-state index contributed by atoms with van der Waals surface area (Å²) in [4.78, 5) is 0. The molecule has 0 fully saturated rings. The van der Waals surface area contributed by atoms with Gasteiger partial charge < -0.3 is 0 Å². The number of hydrogen-bond donors (Lipinski definition) is 0. The predicted molar refractivity (Wildman–Crippen MR) is 155 cm³/mol. The number of alkyl halides is 1. The van der Waals surface area contributed by atoms with Gasteiger partial charge in [0.15, 0.2) is 0 Å². The largest absolute Gasteiger partial charge is 0.0795 e. The van der Waals surface area contributed by atoms with Crippen LogP contribution in [0.1, 0.15) is 16.7 Å². The van der Waals surface area contributed by atoms with Crippen LogP contribution in [-0.4, -0.2) is 3.42 Å². The third-order valence-electron chi connectivity index (χ3n) is 7.44. The maximum atomic E-state index is 2.62. The van der Waals surface area contributed by atoms with Gasteiger partial charge in [-0.2, -0.15) is 0 Å². The van der Waals surface area contributed by atoms with Gasteiger partial charge in [-0.1, -0.05) is 138 Å². The van der Waals surface area contributed by atoms with Crippen LogP contribution in [-0.2, 0) is 6.42 Å². The van der Waals surface area contributed by atoms with E-state index in [-0.39, 0.29) is 3.42 Å². The Morgan fingerprint density at radius 1 is 0.735 bits per heavy atom. The van der Waals surface area contributed by atoms with Crippen LogP contribution in [0.2, 0.25) is 0 Å². The molecule has 162 valence electrons. The van der Waals surface area contributed by atoms with Crippen molar-refractivity contribution in [2.45, 2.75) is 9.84 Å². The Morgan fingerprint density at radius 2 is 1.44 bits per heavy atom. The number of hydrogen-bond acceptors (Lipinski definition) is 0. The summed E-state index contributed by atoms with van der Waals surface area (Å²) in [6.07, 6.45) is 21.7. The molecular formula is C33H23I. The van der Waals surface area contributed by atoms with Crippen LogP contribution in [0.4, 0.5) is 0 Å². The highest BCUT2D eigenvalue weighted by Gasteiger charge is 2.33. The maximum absolute atomic E-state index is 2.62. The molecule has 1 unspecified atom stereocenters. The van der Waals surface area contributed by atoms with Crippen molar-refractivity contribution < 1.29 is 0 Å². The second-order valence-corrected chi connectivity index (χ2v) is 11.3. The molecule has 0 aliphatic heterocycles. The van der Waals surface area contributed by atoms with Crippen molar-refractivity contribution in [3.63, 3.8) is 0 Å². The highest BCUT2D eigenvalue weighted by atomic mass is 127. The second-order valence-electron chi connectivity index (χ2n) is 9.42. The SMILES string of the molecule is IC12C=CC=C[C@@H]1C=CC(c1c3ccccc3c(-c3ccc4c(c3)C=CC4)c3ccccc13)=C2. The summed E-state index contributed by atoms with van der Waals surface area (Å²) in [7, 11) is 0. The summed E-state index contributed by atoms with van der Waals surface area (Å²) in [6, 6.07) is 24.9. The minimum Gasteiger partial charge on any atom is -0.0795 e. The van der Waals surface area contributed by atoms with E-state index in [1.165, 1.54) is 54.9 Å². The molecule has 7 rings (SSSR count). The highest BCUT2D eigenvalue weighted by Crippen LogP contribution is 2.47. The third-order valence-corrected chi connectivity index (χ3v) is 8.83. The second kappa shape index (κ2) is 7.68. The van der Waals surface area contributed by atoms with Crippen molar-refractivity contribution >= 4 is 55.8 Å². The summed E-state index contributed by atoms with van der Waals surface area (Å²) in [5.41, 5.74) is 8.04. The molecule has 0 N–H and O–H groups in total. The Balaban J connectivity index is 1.55. The number of fused-ring (bicyclic) bond motifs is 4. The van der Waals surface area contributed by atoms with Gasteiger partial charge in [-0.15, -0.1) is 0 Å². The average molecular weight is 546 g/mol. The van der Waals surface area contributed by atoms with E-state index in [2.05, 4.69) is 144 Å². The van der Waals surface area contributed by atoms with Crippen LogP contribution < -0.4 is 0 Å². The molecular weight excluding hydrogens is 523 g/mol. The van der Waals surface area contributed by atoms with Crippen molar-refractivity contribution in [1.29, 1.82) is 0 Å². The fourth-order valence-corrected chi connectivity index (χ4v) is 6.76. The van der Waals surface area contributed by atoms with E-state index in [1.54, 1.807) is 0 Å². The van der Waals surface area contributed by atoms with Crippen molar-refractivity contribution in [3.05, 3.63) is 132 Å². The third kappa shape index (κ3) is 3.03. The van der Waals surface area contributed by atoms with Crippen LogP contribution in [0, 0.1) is 5.92 Å². The standard InChI is InChI=1S/C33H23I/c34-33-19-6-5-10-26(33)18-17-25(21-33)32-29-13-3-1-11-27(29)31(28-12-2-4-14-30(28)32)24-16-15-22-8-7-9-23(22)20-24/h1-7,9-21,26H,8H2/t26-,33?/m1/s1. The van der Waals surface area contributed by atoms with E-state index >= 15 is 0 Å². The van der Waals surface area contributed by atoms with Crippen molar-refractivity contribution in [1.82, 2.24) is 0 Å². The fraction of sp³-hybridized carbons (Fsp3) is 0.0909. The number of benzene rings is 4. The highest BCUT2D eigenvalue weighted by molar-refractivity contribution is 14.1. The first kappa shape index (κ1) is 20.2. The quantitative estimate of drug-likeness (QED) is 0.134. The normalized spacial score (nSPS) is 22.3. The van der Waals surface area contributed by atoms with Gasteiger partial charge in [0.25, 0.3) is 0 Å². The molecule has 0 saturated heterocycles. The van der Waals surface area contributed by atoms with E-state index in [9.17, 15) is 0 Å². The molecule has 0 heterocycles. The van der Waals surface area contributed by atoms with Crippen LogP contribution in [0.5, 0.6) is 0 Å². The summed E-state index contributed by atoms with van der Waals surface area (Å²) in [5, 5.41) is 5.26. The smallest absolute Gasteiger partial charge is 0.0689 e. The monoisotopic (exact) mass is 546 g/mol. The summed E-state index contributed by atoms with van der Waals surface area (Å²) in [5.74, 6) is 0.401. The number of allylic oxidation sites excluding steroid dienone is 9. The first-order chi connectivity index (χ1) is 16.7. The first-order valence-electron chi connectivity index (χ1n) is 11.9. The molecule has 1 heteroatoms. The minimum atomic E-state index is -0.0240. The fourth-order valence-electron chi connectivity index (χ4n) is 5.81. The molecule has 34 heavy (non-hydrogen) atoms. The molecule has 4 aromatic rings. The van der Waals surface area contributed by atoms with E-state index in [0.717, 1.165) is 6.42 Å². The summed E-state index contributed by atoms with van der Waals surface area (Å²) < 4.78 is -0.0240. The summed E-state index contributed by atoms with van der Waals surface area (Å²) >= 11 is 2.62. The molecule has 0 amide bonds. The molecule has 0 bridgehead atoms. The van der Waals surface area contributed by atoms with Gasteiger partial charge in [0, 0.05) is 5.92 Å².